The average molecular weight is 311 g/mol. The third kappa shape index (κ3) is 3.17. The summed E-state index contributed by atoms with van der Waals surface area (Å²) in [4.78, 5) is 13.7. The van der Waals surface area contributed by atoms with Crippen LogP contribution in [-0.4, -0.2) is 5.91 Å². The monoisotopic (exact) mass is 311 g/mol. The Balaban J connectivity index is 1.91. The fourth-order valence-electron chi connectivity index (χ4n) is 2.09. The first-order valence-electron chi connectivity index (χ1n) is 6.47. The van der Waals surface area contributed by atoms with Gasteiger partial charge in [-0.25, -0.2) is 0 Å². The van der Waals surface area contributed by atoms with Gasteiger partial charge in [-0.1, -0.05) is 48.5 Å². The molecule has 2 nitrogen and oxygen atoms in total. The molecule has 4 heteroatoms. The van der Waals surface area contributed by atoms with Gasteiger partial charge in [0.2, 0.25) is 0 Å². The molecule has 0 aliphatic carbocycles. The minimum absolute atomic E-state index is 0.108. The molecule has 0 saturated carbocycles. The summed E-state index contributed by atoms with van der Waals surface area (Å²) in [5, 5.41) is 4.82. The van der Waals surface area contributed by atoms with Crippen LogP contribution in [0.15, 0.2) is 70.9 Å². The smallest absolute Gasteiger partial charge is 0.265 e. The van der Waals surface area contributed by atoms with E-state index in [1.54, 1.807) is 6.07 Å². The van der Waals surface area contributed by atoms with Crippen molar-refractivity contribution in [1.82, 2.24) is 0 Å². The first kappa shape index (κ1) is 13.9. The molecule has 0 spiro atoms. The molecule has 1 N–H and O–H groups in total. The lowest BCUT2D eigenvalue weighted by molar-refractivity contribution is 0.103. The van der Waals surface area contributed by atoms with E-state index in [1.807, 2.05) is 60.0 Å². The SMILES string of the molecule is O=C(Nc1ccccc1-c1ccccc1)c1cc(S)cs1. The van der Waals surface area contributed by atoms with Crippen LogP contribution in [0.3, 0.4) is 0 Å². The van der Waals surface area contributed by atoms with Crippen LogP contribution in [0.1, 0.15) is 9.67 Å². The summed E-state index contributed by atoms with van der Waals surface area (Å²) in [6.07, 6.45) is 0. The minimum atomic E-state index is -0.108. The molecule has 0 radical (unpaired) electrons. The molecule has 2 aromatic carbocycles. The first-order valence-corrected chi connectivity index (χ1v) is 7.80. The zero-order chi connectivity index (χ0) is 14.7. The van der Waals surface area contributed by atoms with Gasteiger partial charge in [-0.2, -0.15) is 0 Å². The van der Waals surface area contributed by atoms with Crippen molar-refractivity contribution in [3.8, 4) is 11.1 Å². The van der Waals surface area contributed by atoms with Crippen molar-refractivity contribution >= 4 is 35.6 Å². The van der Waals surface area contributed by atoms with Gasteiger partial charge in [-0.15, -0.1) is 24.0 Å². The largest absolute Gasteiger partial charge is 0.321 e. The van der Waals surface area contributed by atoms with Gasteiger partial charge in [0, 0.05) is 21.5 Å². The molecule has 0 bridgehead atoms. The lowest BCUT2D eigenvalue weighted by atomic mass is 10.0. The molecule has 3 aromatic rings. The number of thiol groups is 1. The molecular weight excluding hydrogens is 298 g/mol. The van der Waals surface area contributed by atoms with E-state index < -0.39 is 0 Å². The molecule has 3 rings (SSSR count). The van der Waals surface area contributed by atoms with Crippen molar-refractivity contribution in [2.24, 2.45) is 0 Å². The fraction of sp³-hybridized carbons (Fsp3) is 0. The number of rotatable bonds is 3. The highest BCUT2D eigenvalue weighted by atomic mass is 32.1. The van der Waals surface area contributed by atoms with E-state index in [1.165, 1.54) is 11.3 Å². The highest BCUT2D eigenvalue weighted by Crippen LogP contribution is 2.28. The molecule has 0 atom stereocenters. The zero-order valence-corrected chi connectivity index (χ0v) is 12.8. The van der Waals surface area contributed by atoms with E-state index in [2.05, 4.69) is 17.9 Å². The van der Waals surface area contributed by atoms with Gasteiger partial charge in [0.15, 0.2) is 0 Å². The molecule has 1 heterocycles. The Bertz CT molecular complexity index is 765. The van der Waals surface area contributed by atoms with Crippen molar-refractivity contribution in [2.75, 3.05) is 5.32 Å². The summed E-state index contributed by atoms with van der Waals surface area (Å²) in [5.41, 5.74) is 2.89. The second-order valence-electron chi connectivity index (χ2n) is 4.53. The summed E-state index contributed by atoms with van der Waals surface area (Å²) in [6.45, 7) is 0. The maximum absolute atomic E-state index is 12.3. The lowest BCUT2D eigenvalue weighted by Crippen LogP contribution is -2.10. The van der Waals surface area contributed by atoms with Gasteiger partial charge in [-0.3, -0.25) is 4.79 Å². The Kier molecular flexibility index (Phi) is 4.08. The zero-order valence-electron chi connectivity index (χ0n) is 11.1. The van der Waals surface area contributed by atoms with Gasteiger partial charge in [0.05, 0.1) is 4.88 Å². The standard InChI is InChI=1S/C17H13NOS2/c19-17(16-10-13(20)11-21-16)18-15-9-5-4-8-14(15)12-6-2-1-3-7-12/h1-11,20H,(H,18,19). The first-order chi connectivity index (χ1) is 10.2. The van der Waals surface area contributed by atoms with E-state index in [-0.39, 0.29) is 5.91 Å². The number of thiophene rings is 1. The predicted octanol–water partition coefficient (Wildman–Crippen LogP) is 4.96. The van der Waals surface area contributed by atoms with Crippen LogP contribution in [0.5, 0.6) is 0 Å². The second-order valence-corrected chi connectivity index (χ2v) is 5.96. The third-order valence-corrected chi connectivity index (χ3v) is 4.43. The van der Waals surface area contributed by atoms with Gasteiger partial charge in [0.1, 0.15) is 0 Å². The maximum atomic E-state index is 12.3. The quantitative estimate of drug-likeness (QED) is 0.658. The van der Waals surface area contributed by atoms with E-state index in [0.29, 0.717) is 4.88 Å². The number of benzene rings is 2. The molecule has 0 fully saturated rings. The normalized spacial score (nSPS) is 10.3. The predicted molar refractivity (Wildman–Crippen MR) is 91.4 cm³/mol. The van der Waals surface area contributed by atoms with Crippen LogP contribution < -0.4 is 5.32 Å². The molecule has 0 aliphatic rings. The summed E-state index contributed by atoms with van der Waals surface area (Å²) >= 11 is 5.62. The average Bonchev–Trinajstić information content (AvgIpc) is 2.95. The van der Waals surface area contributed by atoms with Crippen molar-refractivity contribution in [1.29, 1.82) is 0 Å². The van der Waals surface area contributed by atoms with Crippen LogP contribution in [0.2, 0.25) is 0 Å². The summed E-state index contributed by atoms with van der Waals surface area (Å²) in [7, 11) is 0. The molecule has 21 heavy (non-hydrogen) atoms. The summed E-state index contributed by atoms with van der Waals surface area (Å²) < 4.78 is 0. The summed E-state index contributed by atoms with van der Waals surface area (Å²) in [6, 6.07) is 19.6. The molecule has 0 aliphatic heterocycles. The lowest BCUT2D eigenvalue weighted by Gasteiger charge is -2.10. The van der Waals surface area contributed by atoms with Crippen LogP contribution in [0.25, 0.3) is 11.1 Å². The Labute approximate surface area is 132 Å². The highest BCUT2D eigenvalue weighted by molar-refractivity contribution is 7.80. The topological polar surface area (TPSA) is 29.1 Å². The molecular formula is C17H13NOS2. The van der Waals surface area contributed by atoms with Gasteiger partial charge in [0.25, 0.3) is 5.91 Å². The number of anilines is 1. The Morgan fingerprint density at radius 1 is 1.00 bits per heavy atom. The van der Waals surface area contributed by atoms with Crippen LogP contribution in [-0.2, 0) is 0 Å². The Hall–Kier alpha value is -2.04. The summed E-state index contributed by atoms with van der Waals surface area (Å²) in [5.74, 6) is -0.108. The highest BCUT2D eigenvalue weighted by Gasteiger charge is 2.11. The van der Waals surface area contributed by atoms with Crippen molar-refractivity contribution in [2.45, 2.75) is 4.90 Å². The van der Waals surface area contributed by atoms with Crippen molar-refractivity contribution in [3.63, 3.8) is 0 Å². The second kappa shape index (κ2) is 6.16. The fourth-order valence-corrected chi connectivity index (χ4v) is 3.13. The molecule has 104 valence electrons. The third-order valence-electron chi connectivity index (χ3n) is 3.07. The van der Waals surface area contributed by atoms with Gasteiger partial charge >= 0.3 is 0 Å². The van der Waals surface area contributed by atoms with Crippen molar-refractivity contribution < 1.29 is 4.79 Å². The number of para-hydroxylation sites is 1. The molecule has 1 amide bonds. The van der Waals surface area contributed by atoms with E-state index in [0.717, 1.165) is 21.7 Å². The minimum Gasteiger partial charge on any atom is -0.321 e. The molecule has 0 saturated heterocycles. The maximum Gasteiger partial charge on any atom is 0.265 e. The van der Waals surface area contributed by atoms with Crippen LogP contribution in [0, 0.1) is 0 Å². The molecule has 0 unspecified atom stereocenters. The van der Waals surface area contributed by atoms with Crippen LogP contribution >= 0.6 is 24.0 Å². The van der Waals surface area contributed by atoms with E-state index in [4.69, 9.17) is 0 Å². The number of carbonyl (C=O) groups is 1. The van der Waals surface area contributed by atoms with Gasteiger partial charge in [-0.05, 0) is 17.7 Å². The van der Waals surface area contributed by atoms with Crippen LogP contribution in [0.4, 0.5) is 5.69 Å². The van der Waals surface area contributed by atoms with Gasteiger partial charge < -0.3 is 5.32 Å². The van der Waals surface area contributed by atoms with E-state index in [9.17, 15) is 4.79 Å². The Morgan fingerprint density at radius 2 is 1.71 bits per heavy atom. The van der Waals surface area contributed by atoms with Crippen molar-refractivity contribution in [3.05, 3.63) is 70.9 Å². The number of hydrogen-bond acceptors (Lipinski definition) is 3. The number of amides is 1. The number of carbonyl (C=O) groups excluding carboxylic acids is 1. The van der Waals surface area contributed by atoms with E-state index >= 15 is 0 Å². The molecule has 1 aromatic heterocycles. The number of hydrogen-bond donors (Lipinski definition) is 2. The Morgan fingerprint density at radius 3 is 2.43 bits per heavy atom. The number of nitrogens with one attached hydrogen (secondary N) is 1.